The number of ether oxygens (including phenoxy) is 1. The summed E-state index contributed by atoms with van der Waals surface area (Å²) in [6.07, 6.45) is 2.13. The Balaban J connectivity index is 1.73. The minimum atomic E-state index is 0.840. The Hall–Kier alpha value is -1.66. The van der Waals surface area contributed by atoms with Gasteiger partial charge in [-0.15, -0.1) is 5.10 Å². The molecule has 0 spiro atoms. The minimum Gasteiger partial charge on any atom is -0.379 e. The largest absolute Gasteiger partial charge is 0.379 e. The lowest BCUT2D eigenvalue weighted by Crippen LogP contribution is -2.39. The molecule has 3 heterocycles. The van der Waals surface area contributed by atoms with Crippen LogP contribution in [-0.4, -0.2) is 59.1 Å². The van der Waals surface area contributed by atoms with Gasteiger partial charge >= 0.3 is 0 Å². The van der Waals surface area contributed by atoms with Gasteiger partial charge in [-0.25, -0.2) is 0 Å². The lowest BCUT2D eigenvalue weighted by atomic mass is 10.2. The van der Waals surface area contributed by atoms with Gasteiger partial charge in [0.2, 0.25) is 0 Å². The Morgan fingerprint density at radius 2 is 2.00 bits per heavy atom. The zero-order valence-electron chi connectivity index (χ0n) is 13.0. The van der Waals surface area contributed by atoms with Gasteiger partial charge in [0.05, 0.1) is 18.9 Å². The number of hydrogen-bond acceptors (Lipinski definition) is 5. The molecule has 0 amide bonds. The van der Waals surface area contributed by atoms with Gasteiger partial charge in [-0.05, 0) is 13.8 Å². The number of aromatic nitrogens is 3. The van der Waals surface area contributed by atoms with Crippen molar-refractivity contribution < 1.29 is 4.74 Å². The maximum absolute atomic E-state index is 5.37. The van der Waals surface area contributed by atoms with Crippen LogP contribution >= 0.6 is 0 Å². The number of fused-ring (bicyclic) bond motifs is 1. The van der Waals surface area contributed by atoms with Gasteiger partial charge in [-0.3, -0.25) is 4.90 Å². The van der Waals surface area contributed by atoms with E-state index in [0.717, 1.165) is 50.9 Å². The van der Waals surface area contributed by atoms with E-state index in [0.29, 0.717) is 0 Å². The molecule has 0 atom stereocenters. The summed E-state index contributed by atoms with van der Waals surface area (Å²) in [5, 5.41) is 14.4. The molecule has 1 aliphatic rings. The molecule has 21 heavy (non-hydrogen) atoms. The van der Waals surface area contributed by atoms with E-state index in [2.05, 4.69) is 45.1 Å². The Labute approximate surface area is 125 Å². The van der Waals surface area contributed by atoms with Crippen LogP contribution in [0, 0.1) is 13.8 Å². The predicted molar refractivity (Wildman–Crippen MR) is 83.7 cm³/mol. The molecule has 114 valence electrons. The Morgan fingerprint density at radius 1 is 1.24 bits per heavy atom. The van der Waals surface area contributed by atoms with E-state index in [1.54, 1.807) is 0 Å². The highest BCUT2D eigenvalue weighted by Gasteiger charge is 2.14. The Kier molecular flexibility index (Phi) is 4.07. The van der Waals surface area contributed by atoms with Crippen molar-refractivity contribution in [3.63, 3.8) is 0 Å². The average molecular weight is 289 g/mol. The molecular formula is C15H23N5O. The van der Waals surface area contributed by atoms with Crippen LogP contribution < -0.4 is 5.32 Å². The summed E-state index contributed by atoms with van der Waals surface area (Å²) >= 11 is 0. The molecule has 2 aromatic rings. The van der Waals surface area contributed by atoms with Gasteiger partial charge in [-0.2, -0.15) is 5.10 Å². The third-order valence-corrected chi connectivity index (χ3v) is 4.23. The third-order valence-electron chi connectivity index (χ3n) is 4.23. The number of anilines is 1. The lowest BCUT2D eigenvalue weighted by Gasteiger charge is -2.26. The van der Waals surface area contributed by atoms with E-state index in [-0.39, 0.29) is 0 Å². The summed E-state index contributed by atoms with van der Waals surface area (Å²) in [5.74, 6) is 0.891. The van der Waals surface area contributed by atoms with E-state index in [1.165, 1.54) is 16.5 Å². The van der Waals surface area contributed by atoms with Gasteiger partial charge < -0.3 is 14.6 Å². The summed E-state index contributed by atoms with van der Waals surface area (Å²) in [6, 6.07) is 0. The van der Waals surface area contributed by atoms with Crippen molar-refractivity contribution in [2.75, 3.05) is 44.7 Å². The first-order valence-corrected chi connectivity index (χ1v) is 7.49. The SMILES string of the molecule is Cc1nnc(NCCN2CCOCC2)c2c(C)n(C)cc12. The topological polar surface area (TPSA) is 55.2 Å². The average Bonchev–Trinajstić information content (AvgIpc) is 2.80. The molecule has 0 bridgehead atoms. The van der Waals surface area contributed by atoms with Crippen LogP contribution in [0.2, 0.25) is 0 Å². The van der Waals surface area contributed by atoms with Crippen molar-refractivity contribution >= 4 is 16.6 Å². The zero-order valence-corrected chi connectivity index (χ0v) is 13.0. The van der Waals surface area contributed by atoms with E-state index in [9.17, 15) is 0 Å². The quantitative estimate of drug-likeness (QED) is 0.920. The molecule has 6 heteroatoms. The molecule has 0 radical (unpaired) electrons. The second kappa shape index (κ2) is 5.99. The van der Waals surface area contributed by atoms with E-state index in [4.69, 9.17) is 4.74 Å². The van der Waals surface area contributed by atoms with Crippen molar-refractivity contribution in [1.29, 1.82) is 0 Å². The molecule has 3 rings (SSSR count). The number of aryl methyl sites for hydroxylation is 3. The van der Waals surface area contributed by atoms with Gasteiger partial charge in [0.25, 0.3) is 0 Å². The molecule has 0 aliphatic carbocycles. The summed E-state index contributed by atoms with van der Waals surface area (Å²) in [5.41, 5.74) is 2.20. The fourth-order valence-corrected chi connectivity index (χ4v) is 2.81. The lowest BCUT2D eigenvalue weighted by molar-refractivity contribution is 0.0398. The number of nitrogens with one attached hydrogen (secondary N) is 1. The van der Waals surface area contributed by atoms with Crippen LogP contribution in [0.25, 0.3) is 10.8 Å². The summed E-state index contributed by atoms with van der Waals surface area (Å²) < 4.78 is 7.50. The number of morpholine rings is 1. The molecular weight excluding hydrogens is 266 g/mol. The van der Waals surface area contributed by atoms with Crippen molar-refractivity contribution in [2.45, 2.75) is 13.8 Å². The predicted octanol–water partition coefficient (Wildman–Crippen LogP) is 1.33. The third kappa shape index (κ3) is 2.87. The van der Waals surface area contributed by atoms with Crippen LogP contribution in [0.5, 0.6) is 0 Å². The van der Waals surface area contributed by atoms with E-state index in [1.807, 2.05) is 6.92 Å². The van der Waals surface area contributed by atoms with Crippen LogP contribution in [0.4, 0.5) is 5.82 Å². The maximum atomic E-state index is 5.37. The Bertz CT molecular complexity index is 631. The first-order valence-electron chi connectivity index (χ1n) is 7.49. The van der Waals surface area contributed by atoms with Crippen molar-refractivity contribution in [1.82, 2.24) is 19.7 Å². The smallest absolute Gasteiger partial charge is 0.158 e. The first-order chi connectivity index (χ1) is 10.2. The molecule has 0 unspecified atom stereocenters. The first kappa shape index (κ1) is 14.3. The van der Waals surface area contributed by atoms with Gasteiger partial charge in [0.1, 0.15) is 0 Å². The van der Waals surface area contributed by atoms with E-state index < -0.39 is 0 Å². The molecule has 2 aromatic heterocycles. The van der Waals surface area contributed by atoms with Gasteiger partial charge in [0.15, 0.2) is 5.82 Å². The minimum absolute atomic E-state index is 0.840. The number of rotatable bonds is 4. The highest BCUT2D eigenvalue weighted by molar-refractivity contribution is 5.95. The van der Waals surface area contributed by atoms with E-state index >= 15 is 0 Å². The maximum Gasteiger partial charge on any atom is 0.158 e. The highest BCUT2D eigenvalue weighted by Crippen LogP contribution is 2.27. The second-order valence-corrected chi connectivity index (χ2v) is 5.63. The standard InChI is InChI=1S/C15H23N5O/c1-11-13-10-19(3)12(2)14(13)15(18-17-11)16-4-5-20-6-8-21-9-7-20/h10H,4-9H2,1-3H3,(H,16,18). The molecule has 0 saturated carbocycles. The molecule has 1 aliphatic heterocycles. The van der Waals surface area contributed by atoms with Crippen molar-refractivity contribution in [3.8, 4) is 0 Å². The van der Waals surface area contributed by atoms with Crippen molar-refractivity contribution in [3.05, 3.63) is 17.6 Å². The monoisotopic (exact) mass is 289 g/mol. The molecule has 1 saturated heterocycles. The van der Waals surface area contributed by atoms with Crippen LogP contribution in [0.3, 0.4) is 0 Å². The fourth-order valence-electron chi connectivity index (χ4n) is 2.81. The summed E-state index contributed by atoms with van der Waals surface area (Å²) in [6.45, 7) is 9.72. The number of nitrogens with zero attached hydrogens (tertiary/aromatic N) is 4. The van der Waals surface area contributed by atoms with Crippen LogP contribution in [0.15, 0.2) is 6.20 Å². The van der Waals surface area contributed by atoms with Crippen LogP contribution in [-0.2, 0) is 11.8 Å². The normalized spacial score (nSPS) is 16.5. The molecule has 1 fully saturated rings. The second-order valence-electron chi connectivity index (χ2n) is 5.63. The zero-order chi connectivity index (χ0) is 14.8. The Morgan fingerprint density at radius 3 is 2.76 bits per heavy atom. The molecule has 0 aromatic carbocycles. The molecule has 1 N–H and O–H groups in total. The summed E-state index contributed by atoms with van der Waals surface area (Å²) in [7, 11) is 2.06. The summed E-state index contributed by atoms with van der Waals surface area (Å²) in [4.78, 5) is 2.41. The highest BCUT2D eigenvalue weighted by atomic mass is 16.5. The van der Waals surface area contributed by atoms with Crippen molar-refractivity contribution in [2.24, 2.45) is 7.05 Å². The molecule has 6 nitrogen and oxygen atoms in total. The van der Waals surface area contributed by atoms with Gasteiger partial charge in [0, 0.05) is 55.9 Å². The van der Waals surface area contributed by atoms with Crippen LogP contribution in [0.1, 0.15) is 11.4 Å². The van der Waals surface area contributed by atoms with Gasteiger partial charge in [-0.1, -0.05) is 0 Å². The number of hydrogen-bond donors (Lipinski definition) is 1. The fraction of sp³-hybridized carbons (Fsp3) is 0.600.